The number of hydrogen-bond acceptors (Lipinski definition) is 5. The van der Waals surface area contributed by atoms with Crippen LogP contribution in [0.2, 0.25) is 0 Å². The fourth-order valence-corrected chi connectivity index (χ4v) is 5.10. The zero-order valence-corrected chi connectivity index (χ0v) is 23.2. The number of benzene rings is 2. The predicted octanol–water partition coefficient (Wildman–Crippen LogP) is 5.19. The number of allylic oxidation sites excluding steroid dienone is 4. The smallest absolute Gasteiger partial charge is 0.258 e. The van der Waals surface area contributed by atoms with E-state index in [1.54, 1.807) is 29.2 Å². The van der Waals surface area contributed by atoms with E-state index in [1.165, 1.54) is 5.56 Å². The highest BCUT2D eigenvalue weighted by molar-refractivity contribution is 6.04. The first-order valence-electron chi connectivity index (χ1n) is 14.0. The van der Waals surface area contributed by atoms with E-state index in [2.05, 4.69) is 47.4 Å². The quantitative estimate of drug-likeness (QED) is 0.322. The van der Waals surface area contributed by atoms with E-state index in [0.29, 0.717) is 36.4 Å². The van der Waals surface area contributed by atoms with Crippen LogP contribution in [-0.4, -0.2) is 52.6 Å². The van der Waals surface area contributed by atoms with Crippen molar-refractivity contribution in [3.63, 3.8) is 0 Å². The van der Waals surface area contributed by atoms with Gasteiger partial charge in [0.1, 0.15) is 5.75 Å². The fraction of sp³-hybridized carbons (Fsp3) is 0.303. The summed E-state index contributed by atoms with van der Waals surface area (Å²) in [5.41, 5.74) is 6.08. The maximum atomic E-state index is 12.9. The van der Waals surface area contributed by atoms with Gasteiger partial charge in [-0.15, -0.1) is 0 Å². The molecule has 0 saturated carbocycles. The molecule has 40 heavy (non-hydrogen) atoms. The molecule has 0 bridgehead atoms. The number of Topliss-reactive ketones (excluding diaryl/α,β-unsaturated/α-hetero) is 1. The number of nitrogens with zero attached hydrogens (tertiary/aromatic N) is 3. The number of rotatable bonds is 12. The van der Waals surface area contributed by atoms with E-state index < -0.39 is 0 Å². The normalized spacial score (nSPS) is 14.5. The molecule has 3 aromatic rings. The van der Waals surface area contributed by atoms with Crippen molar-refractivity contribution in [3.05, 3.63) is 112 Å². The van der Waals surface area contributed by atoms with Gasteiger partial charge in [-0.2, -0.15) is 5.10 Å². The topological polar surface area (TPSA) is 76.5 Å². The molecule has 5 rings (SSSR count). The minimum atomic E-state index is -0.248. The number of hydrogen-bond donors (Lipinski definition) is 1. The molecule has 2 aliphatic rings. The van der Waals surface area contributed by atoms with Gasteiger partial charge in [0.05, 0.1) is 24.9 Å². The van der Waals surface area contributed by atoms with Crippen LogP contribution in [0.5, 0.6) is 5.75 Å². The number of ether oxygens (including phenoxy) is 1. The maximum Gasteiger partial charge on any atom is 0.258 e. The second-order valence-corrected chi connectivity index (χ2v) is 10.1. The number of amides is 1. The standard InChI is InChI=1S/C33H36N4O3/c1-3-36(4-2)15-8-16-40-30-13-11-25-17-27(18-26(25)19-30)31-20-29(12-14-32(31)38)35-33(39)28-21-34-37(23-28)22-24-9-6-5-7-10-24/h5-7,9-13,18-21,23H,3-4,8,14-17,22H2,1-2H3,(H,35,39). The van der Waals surface area contributed by atoms with E-state index in [9.17, 15) is 9.59 Å². The monoisotopic (exact) mass is 536 g/mol. The minimum absolute atomic E-state index is 0.0561. The number of ketones is 1. The maximum absolute atomic E-state index is 12.9. The van der Waals surface area contributed by atoms with Gasteiger partial charge in [0.15, 0.2) is 5.78 Å². The van der Waals surface area contributed by atoms with Gasteiger partial charge in [0.2, 0.25) is 0 Å². The first kappa shape index (κ1) is 27.3. The Morgan fingerprint density at radius 1 is 1.10 bits per heavy atom. The highest BCUT2D eigenvalue weighted by Crippen LogP contribution is 2.34. The van der Waals surface area contributed by atoms with Crippen molar-refractivity contribution in [1.82, 2.24) is 20.0 Å². The van der Waals surface area contributed by atoms with Crippen molar-refractivity contribution < 1.29 is 14.3 Å². The SMILES string of the molecule is CCN(CC)CCCOc1ccc2c(c1)C=C(C1=CC(NC(=O)c3cnn(Cc4ccccc4)c3)=CCC1=O)C2. The number of carbonyl (C=O) groups excluding carboxylic acids is 2. The summed E-state index contributed by atoms with van der Waals surface area (Å²) in [5.74, 6) is 0.656. The summed E-state index contributed by atoms with van der Waals surface area (Å²) in [7, 11) is 0. The van der Waals surface area contributed by atoms with Crippen molar-refractivity contribution in [3.8, 4) is 5.75 Å². The predicted molar refractivity (Wildman–Crippen MR) is 157 cm³/mol. The summed E-state index contributed by atoms with van der Waals surface area (Å²) in [6.07, 6.45) is 10.9. The second-order valence-electron chi connectivity index (χ2n) is 10.1. The van der Waals surface area contributed by atoms with Crippen molar-refractivity contribution in [2.24, 2.45) is 0 Å². The molecule has 2 aliphatic carbocycles. The van der Waals surface area contributed by atoms with Crippen molar-refractivity contribution in [1.29, 1.82) is 0 Å². The Labute approximate surface area is 235 Å². The number of fused-ring (bicyclic) bond motifs is 1. The van der Waals surface area contributed by atoms with E-state index in [-0.39, 0.29) is 18.1 Å². The lowest BCUT2D eigenvalue weighted by Gasteiger charge is -2.17. The van der Waals surface area contributed by atoms with Crippen LogP contribution in [0.4, 0.5) is 0 Å². The lowest BCUT2D eigenvalue weighted by atomic mass is 9.93. The highest BCUT2D eigenvalue weighted by Gasteiger charge is 2.24. The Balaban J connectivity index is 1.21. The average Bonchev–Trinajstić information content (AvgIpc) is 3.62. The van der Waals surface area contributed by atoms with E-state index in [1.807, 2.05) is 36.4 Å². The third kappa shape index (κ3) is 6.66. The molecule has 0 saturated heterocycles. The minimum Gasteiger partial charge on any atom is -0.494 e. The summed E-state index contributed by atoms with van der Waals surface area (Å²) in [5, 5.41) is 7.28. The third-order valence-electron chi connectivity index (χ3n) is 7.40. The van der Waals surface area contributed by atoms with Crippen LogP contribution in [0.1, 0.15) is 53.7 Å². The Kier molecular flexibility index (Phi) is 8.71. The Bertz CT molecular complexity index is 1460. The zero-order valence-electron chi connectivity index (χ0n) is 23.2. The Hall–Kier alpha value is -4.23. The molecule has 0 unspecified atom stereocenters. The highest BCUT2D eigenvalue weighted by atomic mass is 16.5. The molecule has 0 aliphatic heterocycles. The van der Waals surface area contributed by atoms with Gasteiger partial charge in [-0.1, -0.05) is 62.4 Å². The van der Waals surface area contributed by atoms with Crippen molar-refractivity contribution in [2.45, 2.75) is 39.7 Å². The fourth-order valence-electron chi connectivity index (χ4n) is 5.10. The molecule has 1 amide bonds. The number of nitrogens with one attached hydrogen (secondary N) is 1. The summed E-state index contributed by atoms with van der Waals surface area (Å²) >= 11 is 0. The molecule has 0 atom stereocenters. The molecule has 1 aromatic heterocycles. The summed E-state index contributed by atoms with van der Waals surface area (Å²) in [6.45, 7) is 8.75. The number of aromatic nitrogens is 2. The van der Waals surface area contributed by atoms with E-state index in [0.717, 1.165) is 48.5 Å². The lowest BCUT2D eigenvalue weighted by molar-refractivity contribution is -0.114. The lowest BCUT2D eigenvalue weighted by Crippen LogP contribution is -2.25. The molecule has 1 heterocycles. The van der Waals surface area contributed by atoms with Gasteiger partial charge in [-0.3, -0.25) is 14.3 Å². The van der Waals surface area contributed by atoms with Gasteiger partial charge >= 0.3 is 0 Å². The van der Waals surface area contributed by atoms with Gasteiger partial charge < -0.3 is 15.0 Å². The molecule has 0 spiro atoms. The van der Waals surface area contributed by atoms with Crippen LogP contribution >= 0.6 is 0 Å². The van der Waals surface area contributed by atoms with Gasteiger partial charge in [-0.05, 0) is 66.4 Å². The number of carbonyl (C=O) groups is 2. The molecule has 206 valence electrons. The molecular formula is C33H36N4O3. The molecule has 0 fully saturated rings. The Morgan fingerprint density at radius 3 is 2.73 bits per heavy atom. The van der Waals surface area contributed by atoms with E-state index in [4.69, 9.17) is 4.74 Å². The van der Waals surface area contributed by atoms with Crippen LogP contribution in [-0.2, 0) is 17.8 Å². The van der Waals surface area contributed by atoms with Crippen molar-refractivity contribution in [2.75, 3.05) is 26.2 Å². The van der Waals surface area contributed by atoms with Gasteiger partial charge in [-0.25, -0.2) is 0 Å². The molecular weight excluding hydrogens is 500 g/mol. The van der Waals surface area contributed by atoms with Crippen LogP contribution < -0.4 is 10.1 Å². The largest absolute Gasteiger partial charge is 0.494 e. The molecule has 1 N–H and O–H groups in total. The summed E-state index contributed by atoms with van der Waals surface area (Å²) in [4.78, 5) is 28.2. The first-order valence-corrected chi connectivity index (χ1v) is 14.0. The van der Waals surface area contributed by atoms with Gasteiger partial charge in [0, 0.05) is 30.4 Å². The molecule has 2 aromatic carbocycles. The average molecular weight is 537 g/mol. The Morgan fingerprint density at radius 2 is 1.93 bits per heavy atom. The first-order chi connectivity index (χ1) is 19.5. The molecule has 7 nitrogen and oxygen atoms in total. The van der Waals surface area contributed by atoms with Gasteiger partial charge in [0.25, 0.3) is 5.91 Å². The third-order valence-corrected chi connectivity index (χ3v) is 7.40. The van der Waals surface area contributed by atoms with E-state index >= 15 is 0 Å². The second kappa shape index (κ2) is 12.7. The summed E-state index contributed by atoms with van der Waals surface area (Å²) in [6, 6.07) is 16.1. The van der Waals surface area contributed by atoms with Crippen LogP contribution in [0.15, 0.2) is 89.9 Å². The zero-order chi connectivity index (χ0) is 27.9. The molecule has 7 heteroatoms. The van der Waals surface area contributed by atoms with Crippen LogP contribution in [0.25, 0.3) is 6.08 Å². The molecule has 0 radical (unpaired) electrons. The van der Waals surface area contributed by atoms with Crippen LogP contribution in [0.3, 0.4) is 0 Å². The van der Waals surface area contributed by atoms with Crippen molar-refractivity contribution >= 4 is 17.8 Å². The van der Waals surface area contributed by atoms with Crippen LogP contribution in [0, 0.1) is 0 Å². The summed E-state index contributed by atoms with van der Waals surface area (Å²) < 4.78 is 7.75.